The fourth-order valence-corrected chi connectivity index (χ4v) is 2.24. The molecule has 0 spiro atoms. The monoisotopic (exact) mass is 242 g/mol. The molecule has 0 radical (unpaired) electrons. The van der Waals surface area contributed by atoms with Gasteiger partial charge in [0.25, 0.3) is 0 Å². The van der Waals surface area contributed by atoms with Gasteiger partial charge in [0.05, 0.1) is 12.0 Å². The van der Waals surface area contributed by atoms with Crippen LogP contribution in [-0.4, -0.2) is 21.1 Å². The molecular formula is C14H10O4. The summed E-state index contributed by atoms with van der Waals surface area (Å²) < 4.78 is 0. The molecule has 1 aliphatic rings. The number of aliphatic hydroxyl groups excluding tert-OH is 1. The summed E-state index contributed by atoms with van der Waals surface area (Å²) in [5.74, 6) is -0.140. The van der Waals surface area contributed by atoms with Crippen LogP contribution in [0.1, 0.15) is 12.0 Å². The zero-order chi connectivity index (χ0) is 12.9. The predicted octanol–water partition coefficient (Wildman–Crippen LogP) is 2.49. The number of carbonyl (C=O) groups excluding carboxylic acids is 1. The lowest BCUT2D eigenvalue weighted by Crippen LogP contribution is -2.16. The van der Waals surface area contributed by atoms with Gasteiger partial charge in [0.2, 0.25) is 0 Å². The average Bonchev–Trinajstić information content (AvgIpc) is 2.32. The molecule has 0 atom stereocenters. The van der Waals surface area contributed by atoms with Crippen molar-refractivity contribution in [3.8, 4) is 11.5 Å². The summed E-state index contributed by atoms with van der Waals surface area (Å²) in [7, 11) is 0. The Morgan fingerprint density at radius 3 is 2.44 bits per heavy atom. The smallest absolute Gasteiger partial charge is 0.174 e. The molecule has 2 aromatic carbocycles. The molecule has 0 saturated heterocycles. The second-order valence-electron chi connectivity index (χ2n) is 4.29. The summed E-state index contributed by atoms with van der Waals surface area (Å²) >= 11 is 0. The van der Waals surface area contributed by atoms with Crippen LogP contribution >= 0.6 is 0 Å². The van der Waals surface area contributed by atoms with Gasteiger partial charge in [0.15, 0.2) is 5.78 Å². The first-order valence-electron chi connectivity index (χ1n) is 5.48. The lowest BCUT2D eigenvalue weighted by molar-refractivity contribution is -0.115. The predicted molar refractivity (Wildman–Crippen MR) is 66.5 cm³/mol. The fraction of sp³-hybridized carbons (Fsp3) is 0.0714. The fourth-order valence-electron chi connectivity index (χ4n) is 2.24. The first kappa shape index (κ1) is 10.7. The number of allylic oxidation sites excluding steroid dienone is 2. The van der Waals surface area contributed by atoms with E-state index in [9.17, 15) is 20.1 Å². The van der Waals surface area contributed by atoms with Crippen molar-refractivity contribution in [2.75, 3.05) is 0 Å². The van der Waals surface area contributed by atoms with E-state index in [1.54, 1.807) is 18.2 Å². The van der Waals surface area contributed by atoms with E-state index in [0.29, 0.717) is 16.3 Å². The number of hydrogen-bond acceptors (Lipinski definition) is 4. The highest BCUT2D eigenvalue weighted by atomic mass is 16.3. The van der Waals surface area contributed by atoms with Crippen molar-refractivity contribution in [3.63, 3.8) is 0 Å². The molecule has 90 valence electrons. The van der Waals surface area contributed by atoms with Crippen LogP contribution < -0.4 is 0 Å². The Bertz CT molecular complexity index is 713. The maximum Gasteiger partial charge on any atom is 0.174 e. The van der Waals surface area contributed by atoms with Crippen LogP contribution in [0.4, 0.5) is 0 Å². The average molecular weight is 242 g/mol. The topological polar surface area (TPSA) is 77.8 Å². The van der Waals surface area contributed by atoms with Crippen LogP contribution in [0.2, 0.25) is 0 Å². The molecule has 3 N–H and O–H groups in total. The maximum atomic E-state index is 11.5. The Hall–Kier alpha value is -2.49. The van der Waals surface area contributed by atoms with Crippen molar-refractivity contribution in [1.82, 2.24) is 0 Å². The molecule has 0 fully saturated rings. The molecule has 18 heavy (non-hydrogen) atoms. The third-order valence-electron chi connectivity index (χ3n) is 3.13. The Balaban J connectivity index is 2.38. The highest BCUT2D eigenvalue weighted by Gasteiger charge is 2.31. The number of phenolic OH excluding ortho intramolecular Hbond substituents is 2. The van der Waals surface area contributed by atoms with Crippen molar-refractivity contribution in [2.24, 2.45) is 0 Å². The highest BCUT2D eigenvalue weighted by Crippen LogP contribution is 2.40. The molecule has 4 nitrogen and oxygen atoms in total. The molecule has 0 aliphatic heterocycles. The van der Waals surface area contributed by atoms with Crippen LogP contribution in [-0.2, 0) is 4.79 Å². The molecule has 0 heterocycles. The number of carbonyl (C=O) groups is 1. The van der Waals surface area contributed by atoms with Crippen LogP contribution in [0.15, 0.2) is 36.1 Å². The minimum absolute atomic E-state index is 0.00382. The number of phenols is 2. The van der Waals surface area contributed by atoms with E-state index in [1.165, 1.54) is 12.1 Å². The van der Waals surface area contributed by atoms with E-state index in [-0.39, 0.29) is 35.0 Å². The summed E-state index contributed by atoms with van der Waals surface area (Å²) in [5.41, 5.74) is 0.505. The first-order chi connectivity index (χ1) is 8.58. The molecule has 0 unspecified atom stereocenters. The number of benzene rings is 2. The Morgan fingerprint density at radius 1 is 1.00 bits per heavy atom. The number of fused-ring (bicyclic) bond motifs is 1. The summed E-state index contributed by atoms with van der Waals surface area (Å²) in [5, 5.41) is 30.2. The van der Waals surface area contributed by atoms with Crippen LogP contribution in [0.25, 0.3) is 16.3 Å². The second-order valence-corrected chi connectivity index (χ2v) is 4.29. The third kappa shape index (κ3) is 1.35. The minimum Gasteiger partial charge on any atom is -0.511 e. The van der Waals surface area contributed by atoms with Gasteiger partial charge in [-0.05, 0) is 35.0 Å². The first-order valence-corrected chi connectivity index (χ1v) is 5.48. The van der Waals surface area contributed by atoms with E-state index in [2.05, 4.69) is 0 Å². The van der Waals surface area contributed by atoms with Gasteiger partial charge in [-0.1, -0.05) is 6.07 Å². The number of ketones is 1. The van der Waals surface area contributed by atoms with Crippen LogP contribution in [0, 0.1) is 0 Å². The minimum atomic E-state index is -0.191. The molecule has 0 bridgehead atoms. The van der Waals surface area contributed by atoms with Gasteiger partial charge in [-0.3, -0.25) is 4.79 Å². The van der Waals surface area contributed by atoms with E-state index in [1.807, 2.05) is 0 Å². The molecule has 1 aliphatic carbocycles. The van der Waals surface area contributed by atoms with Crippen molar-refractivity contribution in [3.05, 3.63) is 41.7 Å². The summed E-state index contributed by atoms with van der Waals surface area (Å²) in [6.07, 6.45) is 0.0171. The number of hydrogen-bond donors (Lipinski definition) is 3. The van der Waals surface area contributed by atoms with Crippen molar-refractivity contribution in [1.29, 1.82) is 0 Å². The molecule has 2 aromatic rings. The number of aliphatic hydroxyl groups is 1. The molecule has 4 heteroatoms. The van der Waals surface area contributed by atoms with E-state index >= 15 is 0 Å². The van der Waals surface area contributed by atoms with Gasteiger partial charge < -0.3 is 15.3 Å². The van der Waals surface area contributed by atoms with Crippen molar-refractivity contribution >= 4 is 22.1 Å². The van der Waals surface area contributed by atoms with Gasteiger partial charge in [-0.15, -0.1) is 0 Å². The normalized spacial score (nSPS) is 15.0. The largest absolute Gasteiger partial charge is 0.511 e. The van der Waals surface area contributed by atoms with Gasteiger partial charge >= 0.3 is 0 Å². The number of Topliss-reactive ketones (excluding diaryl/α,β-unsaturated/α-hetero) is 1. The summed E-state index contributed by atoms with van der Waals surface area (Å²) in [4.78, 5) is 11.5. The standard InChI is InChI=1S/C14H10O4/c15-8-2-3-9-7(5-8)1-4-10(16)13(9)14-11(17)6-12(14)18/h1-5,15-17H,6H2. The van der Waals surface area contributed by atoms with Gasteiger partial charge in [0.1, 0.15) is 17.3 Å². The van der Waals surface area contributed by atoms with E-state index in [4.69, 9.17) is 0 Å². The summed E-state index contributed by atoms with van der Waals surface area (Å²) in [6.45, 7) is 0. The zero-order valence-corrected chi connectivity index (χ0v) is 9.34. The maximum absolute atomic E-state index is 11.5. The highest BCUT2D eigenvalue weighted by molar-refractivity contribution is 6.31. The van der Waals surface area contributed by atoms with E-state index in [0.717, 1.165) is 0 Å². The SMILES string of the molecule is O=C1CC(O)=C1c1c(O)ccc2cc(O)ccc12. The molecule has 0 aromatic heterocycles. The van der Waals surface area contributed by atoms with Crippen LogP contribution in [0.5, 0.6) is 11.5 Å². The lowest BCUT2D eigenvalue weighted by atomic mass is 9.85. The molecular weight excluding hydrogens is 232 g/mol. The quantitative estimate of drug-likeness (QED) is 0.718. The third-order valence-corrected chi connectivity index (χ3v) is 3.13. The van der Waals surface area contributed by atoms with Crippen molar-refractivity contribution < 1.29 is 20.1 Å². The lowest BCUT2D eigenvalue weighted by Gasteiger charge is -2.20. The van der Waals surface area contributed by atoms with Crippen LogP contribution in [0.3, 0.4) is 0 Å². The van der Waals surface area contributed by atoms with Crippen molar-refractivity contribution in [2.45, 2.75) is 6.42 Å². The van der Waals surface area contributed by atoms with Gasteiger partial charge in [0, 0.05) is 5.56 Å². The van der Waals surface area contributed by atoms with Gasteiger partial charge in [-0.2, -0.15) is 0 Å². The molecule has 0 saturated carbocycles. The Labute approximate surface area is 102 Å². The zero-order valence-electron chi connectivity index (χ0n) is 9.34. The number of rotatable bonds is 1. The molecule has 3 rings (SSSR count). The number of aromatic hydroxyl groups is 2. The molecule has 0 amide bonds. The van der Waals surface area contributed by atoms with Gasteiger partial charge in [-0.25, -0.2) is 0 Å². The van der Waals surface area contributed by atoms with E-state index < -0.39 is 0 Å². The second kappa shape index (κ2) is 3.50. The Kier molecular flexibility index (Phi) is 2.07. The summed E-state index contributed by atoms with van der Waals surface area (Å²) in [6, 6.07) is 7.73. The Morgan fingerprint density at radius 2 is 1.78 bits per heavy atom.